The molecule has 0 spiro atoms. The highest BCUT2D eigenvalue weighted by Gasteiger charge is 2.32. The number of rotatable bonds is 4. The van der Waals surface area contributed by atoms with Gasteiger partial charge in [-0.1, -0.05) is 61.3 Å². The van der Waals surface area contributed by atoms with Crippen LogP contribution in [-0.4, -0.2) is 30.6 Å². The first-order valence-electron chi connectivity index (χ1n) is 8.53. The summed E-state index contributed by atoms with van der Waals surface area (Å²) in [7, 11) is 0. The van der Waals surface area contributed by atoms with E-state index in [1.54, 1.807) is 0 Å². The summed E-state index contributed by atoms with van der Waals surface area (Å²) in [5, 5.41) is 5.08. The highest BCUT2D eigenvalue weighted by Crippen LogP contribution is 2.33. The Labute approximate surface area is 154 Å². The average molecular weight is 363 g/mol. The van der Waals surface area contributed by atoms with E-state index in [0.717, 1.165) is 29.7 Å². The molecule has 3 rings (SSSR count). The number of nitrogens with zero attached hydrogens (tertiary/aromatic N) is 1. The summed E-state index contributed by atoms with van der Waals surface area (Å²) in [4.78, 5) is 2.62. The zero-order valence-electron chi connectivity index (χ0n) is 14.2. The van der Waals surface area contributed by atoms with Crippen molar-refractivity contribution in [3.05, 3.63) is 69.7 Å². The van der Waals surface area contributed by atoms with Crippen LogP contribution in [-0.2, 0) is 0 Å². The quantitative estimate of drug-likeness (QED) is 0.821. The minimum atomic E-state index is 0.217. The molecule has 2 nitrogen and oxygen atoms in total. The van der Waals surface area contributed by atoms with Crippen LogP contribution in [0.5, 0.6) is 0 Å². The summed E-state index contributed by atoms with van der Waals surface area (Å²) >= 11 is 12.2. The molecule has 1 fully saturated rings. The van der Waals surface area contributed by atoms with Crippen molar-refractivity contribution < 1.29 is 0 Å². The highest BCUT2D eigenvalue weighted by atomic mass is 35.5. The highest BCUT2D eigenvalue weighted by molar-refractivity contribution is 6.30. The maximum absolute atomic E-state index is 6.11. The van der Waals surface area contributed by atoms with Gasteiger partial charge in [-0.2, -0.15) is 0 Å². The monoisotopic (exact) mass is 362 g/mol. The lowest BCUT2D eigenvalue weighted by molar-refractivity contribution is 0.0933. The second-order valence-corrected chi connectivity index (χ2v) is 7.63. The summed E-state index contributed by atoms with van der Waals surface area (Å²) < 4.78 is 0. The fourth-order valence-electron chi connectivity index (χ4n) is 3.55. The van der Waals surface area contributed by atoms with E-state index in [2.05, 4.69) is 48.3 Å². The van der Waals surface area contributed by atoms with Gasteiger partial charge >= 0.3 is 0 Å². The first-order valence-corrected chi connectivity index (χ1v) is 9.29. The molecule has 0 aliphatic carbocycles. The predicted molar refractivity (Wildman–Crippen MR) is 103 cm³/mol. The van der Waals surface area contributed by atoms with Gasteiger partial charge in [-0.05, 0) is 41.3 Å². The van der Waals surface area contributed by atoms with Crippen molar-refractivity contribution in [1.82, 2.24) is 10.2 Å². The summed E-state index contributed by atoms with van der Waals surface area (Å²) in [5.41, 5.74) is 2.54. The van der Waals surface area contributed by atoms with Crippen molar-refractivity contribution in [3.63, 3.8) is 0 Å². The van der Waals surface area contributed by atoms with Crippen molar-refractivity contribution >= 4 is 23.2 Å². The third-order valence-electron chi connectivity index (χ3n) is 4.80. The Bertz CT molecular complexity index is 607. The Balaban J connectivity index is 2.03. The van der Waals surface area contributed by atoms with Gasteiger partial charge < -0.3 is 5.32 Å². The van der Waals surface area contributed by atoms with Gasteiger partial charge in [0.25, 0.3) is 0 Å². The molecule has 0 aromatic heterocycles. The van der Waals surface area contributed by atoms with Gasteiger partial charge in [0.1, 0.15) is 0 Å². The van der Waals surface area contributed by atoms with E-state index in [-0.39, 0.29) is 6.04 Å². The third-order valence-corrected chi connectivity index (χ3v) is 5.30. The molecule has 1 unspecified atom stereocenters. The minimum absolute atomic E-state index is 0.217. The van der Waals surface area contributed by atoms with Gasteiger partial charge in [-0.25, -0.2) is 0 Å². The second kappa shape index (κ2) is 7.88. The molecule has 1 atom stereocenters. The van der Waals surface area contributed by atoms with E-state index in [4.69, 9.17) is 23.2 Å². The molecule has 1 N–H and O–H groups in total. The van der Waals surface area contributed by atoms with Gasteiger partial charge in [0.2, 0.25) is 0 Å². The normalized spacial score (nSPS) is 19.2. The second-order valence-electron chi connectivity index (χ2n) is 6.76. The van der Waals surface area contributed by atoms with Crippen molar-refractivity contribution in [2.24, 2.45) is 5.92 Å². The number of piperazine rings is 1. The molecule has 128 valence electrons. The van der Waals surface area contributed by atoms with E-state index in [1.165, 1.54) is 11.1 Å². The molecule has 24 heavy (non-hydrogen) atoms. The first-order chi connectivity index (χ1) is 11.6. The fraction of sp³-hybridized carbons (Fsp3) is 0.400. The molecule has 0 bridgehead atoms. The van der Waals surface area contributed by atoms with Crippen LogP contribution in [0, 0.1) is 5.92 Å². The van der Waals surface area contributed by atoms with Crippen LogP contribution in [0.1, 0.15) is 31.0 Å². The Kier molecular flexibility index (Phi) is 5.83. The maximum Gasteiger partial charge on any atom is 0.0605 e. The number of hydrogen-bond donors (Lipinski definition) is 1. The Morgan fingerprint density at radius 1 is 0.917 bits per heavy atom. The van der Waals surface area contributed by atoms with Gasteiger partial charge in [0.15, 0.2) is 0 Å². The van der Waals surface area contributed by atoms with Crippen molar-refractivity contribution in [3.8, 4) is 0 Å². The van der Waals surface area contributed by atoms with Crippen LogP contribution in [0.4, 0.5) is 0 Å². The van der Waals surface area contributed by atoms with Gasteiger partial charge in [-0.3, -0.25) is 4.90 Å². The third kappa shape index (κ3) is 3.94. The Morgan fingerprint density at radius 3 is 1.88 bits per heavy atom. The molecule has 0 saturated carbocycles. The standard InChI is InChI=1S/C20H24Cl2N2/c1-14(2)19-13-23-11-12-24(19)20(15-3-7-17(21)8-4-15)16-5-9-18(22)10-6-16/h3-10,14,19-20,23H,11-13H2,1-2H3. The first kappa shape index (κ1) is 17.8. The zero-order chi connectivity index (χ0) is 17.1. The summed E-state index contributed by atoms with van der Waals surface area (Å²) in [6.07, 6.45) is 0. The SMILES string of the molecule is CC(C)C1CNCCN1C(c1ccc(Cl)cc1)c1ccc(Cl)cc1. The lowest BCUT2D eigenvalue weighted by Crippen LogP contribution is -2.54. The van der Waals surface area contributed by atoms with Crippen molar-refractivity contribution in [2.45, 2.75) is 25.9 Å². The van der Waals surface area contributed by atoms with E-state index < -0.39 is 0 Å². The zero-order valence-corrected chi connectivity index (χ0v) is 15.7. The Hall–Kier alpha value is -1.06. The molecule has 1 heterocycles. The van der Waals surface area contributed by atoms with E-state index in [9.17, 15) is 0 Å². The van der Waals surface area contributed by atoms with E-state index in [1.807, 2.05) is 24.3 Å². The number of benzene rings is 2. The molecule has 1 aliphatic rings. The lowest BCUT2D eigenvalue weighted by atomic mass is 9.91. The minimum Gasteiger partial charge on any atom is -0.314 e. The van der Waals surface area contributed by atoms with Gasteiger partial charge in [0.05, 0.1) is 6.04 Å². The molecule has 0 amide bonds. The van der Waals surface area contributed by atoms with Crippen LogP contribution < -0.4 is 5.32 Å². The van der Waals surface area contributed by atoms with Crippen LogP contribution in [0.3, 0.4) is 0 Å². The Morgan fingerprint density at radius 2 is 1.42 bits per heavy atom. The van der Waals surface area contributed by atoms with Crippen molar-refractivity contribution in [2.75, 3.05) is 19.6 Å². The molecule has 4 heteroatoms. The van der Waals surface area contributed by atoms with Crippen molar-refractivity contribution in [1.29, 1.82) is 0 Å². The van der Waals surface area contributed by atoms with Gasteiger partial charge in [-0.15, -0.1) is 0 Å². The average Bonchev–Trinajstić information content (AvgIpc) is 2.59. The molecular formula is C20H24Cl2N2. The molecular weight excluding hydrogens is 339 g/mol. The molecule has 2 aromatic rings. The number of hydrogen-bond acceptors (Lipinski definition) is 2. The largest absolute Gasteiger partial charge is 0.314 e. The van der Waals surface area contributed by atoms with Crippen LogP contribution in [0.2, 0.25) is 10.0 Å². The summed E-state index contributed by atoms with van der Waals surface area (Å²) in [6, 6.07) is 17.2. The van der Waals surface area contributed by atoms with E-state index in [0.29, 0.717) is 12.0 Å². The fourth-order valence-corrected chi connectivity index (χ4v) is 3.80. The molecule has 2 aromatic carbocycles. The number of halogens is 2. The smallest absolute Gasteiger partial charge is 0.0605 e. The topological polar surface area (TPSA) is 15.3 Å². The van der Waals surface area contributed by atoms with Crippen LogP contribution in [0.15, 0.2) is 48.5 Å². The number of nitrogens with one attached hydrogen (secondary N) is 1. The molecule has 1 saturated heterocycles. The summed E-state index contributed by atoms with van der Waals surface area (Å²) in [5.74, 6) is 0.583. The van der Waals surface area contributed by atoms with Crippen LogP contribution >= 0.6 is 23.2 Å². The lowest BCUT2D eigenvalue weighted by Gasteiger charge is -2.44. The molecule has 0 radical (unpaired) electrons. The predicted octanol–water partition coefficient (Wildman–Crippen LogP) is 5.01. The molecule has 1 aliphatic heterocycles. The van der Waals surface area contributed by atoms with E-state index >= 15 is 0 Å². The van der Waals surface area contributed by atoms with Crippen LogP contribution in [0.25, 0.3) is 0 Å². The maximum atomic E-state index is 6.11. The summed E-state index contributed by atoms with van der Waals surface area (Å²) in [6.45, 7) is 7.66. The van der Waals surface area contributed by atoms with Gasteiger partial charge in [0, 0.05) is 35.7 Å².